The molecule has 0 atom stereocenters. The van der Waals surface area contributed by atoms with E-state index in [1.165, 1.54) is 5.56 Å². The van der Waals surface area contributed by atoms with Crippen LogP contribution in [0.4, 0.5) is 11.5 Å². The van der Waals surface area contributed by atoms with Crippen molar-refractivity contribution in [2.75, 3.05) is 37.0 Å². The van der Waals surface area contributed by atoms with Crippen LogP contribution in [0.1, 0.15) is 36.7 Å². The van der Waals surface area contributed by atoms with Crippen molar-refractivity contribution in [1.29, 1.82) is 0 Å². The number of pyridine rings is 1. The molecule has 0 bridgehead atoms. The lowest BCUT2D eigenvalue weighted by molar-refractivity contribution is 0.0992. The van der Waals surface area contributed by atoms with E-state index in [0.717, 1.165) is 0 Å². The van der Waals surface area contributed by atoms with Gasteiger partial charge in [0.25, 0.3) is 5.91 Å². The lowest BCUT2D eigenvalue weighted by Gasteiger charge is -2.19. The summed E-state index contributed by atoms with van der Waals surface area (Å²) in [4.78, 5) is 16.6. The monoisotopic (exact) mass is 357 g/mol. The van der Waals surface area contributed by atoms with Crippen LogP contribution in [0.3, 0.4) is 0 Å². The maximum Gasteiger partial charge on any atom is 0.255 e. The molecule has 0 saturated carbocycles. The number of amides is 1. The van der Waals surface area contributed by atoms with Gasteiger partial charge >= 0.3 is 0 Å². The molecule has 1 aromatic carbocycles. The van der Waals surface area contributed by atoms with Crippen molar-refractivity contribution in [1.82, 2.24) is 4.98 Å². The number of hydrogen-bond acceptors (Lipinski definition) is 5. The van der Waals surface area contributed by atoms with Crippen LogP contribution < -0.4 is 10.6 Å². The van der Waals surface area contributed by atoms with Crippen LogP contribution in [0.15, 0.2) is 42.6 Å². The number of aliphatic hydroxyl groups excluding tert-OH is 1. The van der Waals surface area contributed by atoms with Gasteiger partial charge in [-0.15, -0.1) is 0 Å². The van der Waals surface area contributed by atoms with Crippen molar-refractivity contribution in [2.45, 2.75) is 26.2 Å². The Balaban J connectivity index is 1.87. The fourth-order valence-corrected chi connectivity index (χ4v) is 2.32. The van der Waals surface area contributed by atoms with E-state index in [0.29, 0.717) is 36.8 Å². The number of aromatic nitrogens is 1. The van der Waals surface area contributed by atoms with Crippen LogP contribution >= 0.6 is 0 Å². The van der Waals surface area contributed by atoms with Crippen molar-refractivity contribution in [2.24, 2.45) is 0 Å². The van der Waals surface area contributed by atoms with Crippen molar-refractivity contribution in [3.8, 4) is 0 Å². The second kappa shape index (κ2) is 9.31. The number of aliphatic hydroxyl groups is 1. The summed E-state index contributed by atoms with van der Waals surface area (Å²) in [5.41, 5.74) is 2.50. The minimum atomic E-state index is -0.162. The van der Waals surface area contributed by atoms with Crippen LogP contribution in [0, 0.1) is 0 Å². The van der Waals surface area contributed by atoms with E-state index in [1.54, 1.807) is 18.3 Å². The summed E-state index contributed by atoms with van der Waals surface area (Å²) >= 11 is 0. The molecule has 1 heterocycles. The number of carbonyl (C=O) groups excluding carboxylic acids is 1. The number of benzene rings is 1. The number of carbonyl (C=O) groups is 1. The largest absolute Gasteiger partial charge is 0.394 e. The number of hydrogen-bond donors (Lipinski definition) is 3. The van der Waals surface area contributed by atoms with Crippen LogP contribution in [0.25, 0.3) is 0 Å². The zero-order valence-corrected chi connectivity index (χ0v) is 15.6. The highest BCUT2D eigenvalue weighted by Gasteiger charge is 2.14. The van der Waals surface area contributed by atoms with Gasteiger partial charge < -0.3 is 20.5 Å². The molecule has 0 radical (unpaired) electrons. The second-order valence-electron chi connectivity index (χ2n) is 6.98. The standard InChI is InChI=1S/C20H27N3O3/c1-20(2,3)16-6-4-15(5-7-16)19(25)23-17-8-9-18(22-14-17)21-10-12-26-13-11-24/h4-9,14,24H,10-13H2,1-3H3,(H,21,22)(H,23,25). The first-order valence-electron chi connectivity index (χ1n) is 8.70. The third-order valence-electron chi connectivity index (χ3n) is 3.82. The Bertz CT molecular complexity index is 692. The van der Waals surface area contributed by atoms with Gasteiger partial charge in [-0.05, 0) is 35.2 Å². The third kappa shape index (κ3) is 6.13. The molecule has 2 aromatic rings. The van der Waals surface area contributed by atoms with Gasteiger partial charge in [0.2, 0.25) is 0 Å². The Labute approximate surface area is 154 Å². The Morgan fingerprint density at radius 2 is 1.85 bits per heavy atom. The first kappa shape index (κ1) is 19.9. The molecule has 3 N–H and O–H groups in total. The van der Waals surface area contributed by atoms with Crippen LogP contribution in [-0.2, 0) is 10.2 Å². The number of nitrogens with one attached hydrogen (secondary N) is 2. The predicted octanol–water partition coefficient (Wildman–Crippen LogP) is 3.05. The molecule has 1 aromatic heterocycles. The third-order valence-corrected chi connectivity index (χ3v) is 3.82. The zero-order chi connectivity index (χ0) is 19.0. The minimum Gasteiger partial charge on any atom is -0.394 e. The van der Waals surface area contributed by atoms with E-state index in [4.69, 9.17) is 9.84 Å². The molecule has 140 valence electrons. The number of ether oxygens (including phenoxy) is 1. The summed E-state index contributed by atoms with van der Waals surface area (Å²) in [6, 6.07) is 11.2. The zero-order valence-electron chi connectivity index (χ0n) is 15.6. The van der Waals surface area contributed by atoms with Crippen molar-refractivity contribution >= 4 is 17.4 Å². The first-order valence-corrected chi connectivity index (χ1v) is 8.70. The lowest BCUT2D eigenvalue weighted by Crippen LogP contribution is -2.15. The van der Waals surface area contributed by atoms with E-state index >= 15 is 0 Å². The molecule has 1 amide bonds. The van der Waals surface area contributed by atoms with Gasteiger partial charge in [-0.3, -0.25) is 4.79 Å². The van der Waals surface area contributed by atoms with Crippen LogP contribution in [-0.4, -0.2) is 42.4 Å². The average Bonchev–Trinajstić information content (AvgIpc) is 2.62. The maximum atomic E-state index is 12.3. The SMILES string of the molecule is CC(C)(C)c1ccc(C(=O)Nc2ccc(NCCOCCO)nc2)cc1. The van der Waals surface area contributed by atoms with Crippen LogP contribution in [0.2, 0.25) is 0 Å². The molecule has 0 fully saturated rings. The van der Waals surface area contributed by atoms with E-state index in [1.807, 2.05) is 24.3 Å². The van der Waals surface area contributed by atoms with Gasteiger partial charge in [0, 0.05) is 12.1 Å². The molecule has 0 spiro atoms. The first-order chi connectivity index (χ1) is 12.4. The van der Waals surface area contributed by atoms with Crippen molar-refractivity contribution in [3.63, 3.8) is 0 Å². The molecule has 6 nitrogen and oxygen atoms in total. The summed E-state index contributed by atoms with van der Waals surface area (Å²) in [6.07, 6.45) is 1.61. The number of rotatable bonds is 8. The second-order valence-corrected chi connectivity index (χ2v) is 6.98. The Hall–Kier alpha value is -2.44. The summed E-state index contributed by atoms with van der Waals surface area (Å²) in [5.74, 6) is 0.537. The number of nitrogens with zero attached hydrogens (tertiary/aromatic N) is 1. The van der Waals surface area contributed by atoms with Gasteiger partial charge in [0.05, 0.1) is 31.7 Å². The summed E-state index contributed by atoms with van der Waals surface area (Å²) in [6.45, 7) is 7.86. The van der Waals surface area contributed by atoms with Gasteiger partial charge in [0.1, 0.15) is 5.82 Å². The summed E-state index contributed by atoms with van der Waals surface area (Å²) in [5, 5.41) is 14.6. The van der Waals surface area contributed by atoms with Gasteiger partial charge in [-0.25, -0.2) is 4.98 Å². The van der Waals surface area contributed by atoms with Gasteiger partial charge in [-0.2, -0.15) is 0 Å². The highest BCUT2D eigenvalue weighted by molar-refractivity contribution is 6.04. The molecule has 0 unspecified atom stereocenters. The Kier molecular flexibility index (Phi) is 7.12. The van der Waals surface area contributed by atoms with Crippen LogP contribution in [0.5, 0.6) is 0 Å². The Morgan fingerprint density at radius 1 is 1.12 bits per heavy atom. The number of anilines is 2. The Morgan fingerprint density at radius 3 is 2.42 bits per heavy atom. The molecule has 0 saturated heterocycles. The lowest BCUT2D eigenvalue weighted by atomic mass is 9.87. The smallest absolute Gasteiger partial charge is 0.255 e. The fraction of sp³-hybridized carbons (Fsp3) is 0.400. The quantitative estimate of drug-likeness (QED) is 0.633. The van der Waals surface area contributed by atoms with E-state index in [9.17, 15) is 4.79 Å². The summed E-state index contributed by atoms with van der Waals surface area (Å²) < 4.78 is 5.16. The molecule has 0 aliphatic heterocycles. The molecule has 0 aliphatic carbocycles. The van der Waals surface area contributed by atoms with Gasteiger partial charge in [-0.1, -0.05) is 32.9 Å². The van der Waals surface area contributed by atoms with E-state index in [-0.39, 0.29) is 17.9 Å². The molecular formula is C20H27N3O3. The highest BCUT2D eigenvalue weighted by Crippen LogP contribution is 2.22. The molecular weight excluding hydrogens is 330 g/mol. The molecule has 0 aliphatic rings. The van der Waals surface area contributed by atoms with Crippen molar-refractivity contribution in [3.05, 3.63) is 53.7 Å². The van der Waals surface area contributed by atoms with Gasteiger partial charge in [0.15, 0.2) is 0 Å². The fourth-order valence-electron chi connectivity index (χ4n) is 2.32. The maximum absolute atomic E-state index is 12.3. The van der Waals surface area contributed by atoms with E-state index < -0.39 is 0 Å². The highest BCUT2D eigenvalue weighted by atomic mass is 16.5. The molecule has 2 rings (SSSR count). The average molecular weight is 357 g/mol. The van der Waals surface area contributed by atoms with E-state index in [2.05, 4.69) is 36.4 Å². The predicted molar refractivity (Wildman–Crippen MR) is 104 cm³/mol. The molecule has 26 heavy (non-hydrogen) atoms. The molecule has 6 heteroatoms. The minimum absolute atomic E-state index is 0.0194. The van der Waals surface area contributed by atoms with Crippen molar-refractivity contribution < 1.29 is 14.6 Å². The normalized spacial score (nSPS) is 11.2. The summed E-state index contributed by atoms with van der Waals surface area (Å²) in [7, 11) is 0. The topological polar surface area (TPSA) is 83.5 Å².